The number of carbonyl (C=O) groups excluding carboxylic acids is 2. The Hall–Kier alpha value is -2.96. The van der Waals surface area contributed by atoms with Gasteiger partial charge in [-0.05, 0) is 30.7 Å². The molecule has 7 heteroatoms. The van der Waals surface area contributed by atoms with Gasteiger partial charge in [-0.2, -0.15) is 0 Å². The number of carbonyl (C=O) groups is 2. The predicted molar refractivity (Wildman–Crippen MR) is 95.8 cm³/mol. The Balaban J connectivity index is 1.91. The lowest BCUT2D eigenvalue weighted by molar-refractivity contribution is 0.0600. The SMILES string of the molecule is CCCCCNc1ncc(C(=O)Nc2ccc(C(=O)OC)cc2)cn1. The van der Waals surface area contributed by atoms with E-state index in [-0.39, 0.29) is 5.91 Å². The van der Waals surface area contributed by atoms with Gasteiger partial charge in [0, 0.05) is 24.6 Å². The molecule has 0 atom stereocenters. The fourth-order valence-electron chi connectivity index (χ4n) is 2.12. The molecule has 2 aromatic rings. The normalized spacial score (nSPS) is 10.2. The lowest BCUT2D eigenvalue weighted by atomic mass is 10.2. The molecular formula is C18H22N4O3. The second kappa shape index (κ2) is 9.36. The Morgan fingerprint density at radius 3 is 2.32 bits per heavy atom. The number of rotatable bonds is 8. The summed E-state index contributed by atoms with van der Waals surface area (Å²) in [6.45, 7) is 2.96. The van der Waals surface area contributed by atoms with Crippen LogP contribution in [0, 0.1) is 0 Å². The molecule has 0 saturated heterocycles. The smallest absolute Gasteiger partial charge is 0.337 e. The molecule has 0 aliphatic carbocycles. The van der Waals surface area contributed by atoms with E-state index in [1.54, 1.807) is 24.3 Å². The van der Waals surface area contributed by atoms with Crippen molar-refractivity contribution in [3.63, 3.8) is 0 Å². The van der Waals surface area contributed by atoms with Crippen molar-refractivity contribution in [2.45, 2.75) is 26.2 Å². The van der Waals surface area contributed by atoms with Crippen molar-refractivity contribution < 1.29 is 14.3 Å². The van der Waals surface area contributed by atoms with Crippen molar-refractivity contribution in [2.75, 3.05) is 24.3 Å². The van der Waals surface area contributed by atoms with Gasteiger partial charge in [-0.3, -0.25) is 4.79 Å². The number of amides is 1. The highest BCUT2D eigenvalue weighted by Gasteiger charge is 2.09. The minimum absolute atomic E-state index is 0.316. The van der Waals surface area contributed by atoms with Crippen LogP contribution in [0.4, 0.5) is 11.6 Å². The molecule has 2 rings (SSSR count). The molecular weight excluding hydrogens is 320 g/mol. The van der Waals surface area contributed by atoms with Crippen LogP contribution in [0.2, 0.25) is 0 Å². The first-order chi connectivity index (χ1) is 12.1. The maximum atomic E-state index is 12.2. The number of esters is 1. The second-order valence-electron chi connectivity index (χ2n) is 5.45. The van der Waals surface area contributed by atoms with Crippen molar-refractivity contribution in [3.8, 4) is 0 Å². The Bertz CT molecular complexity index is 699. The Labute approximate surface area is 146 Å². The molecule has 0 fully saturated rings. The van der Waals surface area contributed by atoms with Gasteiger partial charge in [0.05, 0.1) is 18.2 Å². The van der Waals surface area contributed by atoms with Crippen molar-refractivity contribution >= 4 is 23.5 Å². The minimum Gasteiger partial charge on any atom is -0.465 e. The lowest BCUT2D eigenvalue weighted by Gasteiger charge is -2.07. The summed E-state index contributed by atoms with van der Waals surface area (Å²) in [5.41, 5.74) is 1.35. The molecule has 25 heavy (non-hydrogen) atoms. The van der Waals surface area contributed by atoms with E-state index in [4.69, 9.17) is 0 Å². The van der Waals surface area contributed by atoms with Crippen LogP contribution in [0.5, 0.6) is 0 Å². The molecule has 0 bridgehead atoms. The first-order valence-corrected chi connectivity index (χ1v) is 8.19. The monoisotopic (exact) mass is 342 g/mol. The van der Waals surface area contributed by atoms with Crippen LogP contribution in [0.15, 0.2) is 36.7 Å². The average Bonchev–Trinajstić information content (AvgIpc) is 2.65. The summed E-state index contributed by atoms with van der Waals surface area (Å²) in [5.74, 6) is -0.230. The number of methoxy groups -OCH3 is 1. The highest BCUT2D eigenvalue weighted by atomic mass is 16.5. The van der Waals surface area contributed by atoms with Gasteiger partial charge in [0.25, 0.3) is 5.91 Å². The van der Waals surface area contributed by atoms with Gasteiger partial charge < -0.3 is 15.4 Å². The summed E-state index contributed by atoms with van der Waals surface area (Å²) in [6, 6.07) is 6.44. The number of benzene rings is 1. The van der Waals surface area contributed by atoms with Gasteiger partial charge in [-0.1, -0.05) is 19.8 Å². The van der Waals surface area contributed by atoms with Crippen molar-refractivity contribution in [1.82, 2.24) is 9.97 Å². The number of anilines is 2. The summed E-state index contributed by atoms with van der Waals surface area (Å²) in [6.07, 6.45) is 6.33. The van der Waals surface area contributed by atoms with E-state index in [1.165, 1.54) is 19.5 Å². The van der Waals surface area contributed by atoms with E-state index in [1.807, 2.05) is 0 Å². The zero-order valence-electron chi connectivity index (χ0n) is 14.4. The first kappa shape index (κ1) is 18.4. The van der Waals surface area contributed by atoms with Crippen LogP contribution in [0.3, 0.4) is 0 Å². The molecule has 0 radical (unpaired) electrons. The van der Waals surface area contributed by atoms with E-state index in [0.717, 1.165) is 25.8 Å². The average molecular weight is 342 g/mol. The molecule has 7 nitrogen and oxygen atoms in total. The molecule has 1 amide bonds. The first-order valence-electron chi connectivity index (χ1n) is 8.19. The van der Waals surface area contributed by atoms with Crippen molar-refractivity contribution in [3.05, 3.63) is 47.8 Å². The molecule has 0 saturated carbocycles. The summed E-state index contributed by atoms with van der Waals surface area (Å²) in [7, 11) is 1.32. The number of aromatic nitrogens is 2. The number of hydrogen-bond acceptors (Lipinski definition) is 6. The van der Waals surface area contributed by atoms with Gasteiger partial charge in [-0.15, -0.1) is 0 Å². The maximum Gasteiger partial charge on any atom is 0.337 e. The number of nitrogens with zero attached hydrogens (tertiary/aromatic N) is 2. The number of nitrogens with one attached hydrogen (secondary N) is 2. The Morgan fingerprint density at radius 1 is 1.04 bits per heavy atom. The quantitative estimate of drug-likeness (QED) is 0.565. The van der Waals surface area contributed by atoms with E-state index in [2.05, 4.69) is 32.3 Å². The van der Waals surface area contributed by atoms with Crippen LogP contribution >= 0.6 is 0 Å². The summed E-state index contributed by atoms with van der Waals surface area (Å²) in [4.78, 5) is 31.9. The molecule has 0 aliphatic heterocycles. The third kappa shape index (κ3) is 5.56. The third-order valence-electron chi connectivity index (χ3n) is 3.54. The van der Waals surface area contributed by atoms with Crippen LogP contribution in [-0.2, 0) is 4.74 Å². The highest BCUT2D eigenvalue weighted by Crippen LogP contribution is 2.12. The van der Waals surface area contributed by atoms with Crippen molar-refractivity contribution in [1.29, 1.82) is 0 Å². The van der Waals surface area contributed by atoms with Crippen LogP contribution < -0.4 is 10.6 Å². The van der Waals surface area contributed by atoms with Gasteiger partial charge in [0.2, 0.25) is 5.95 Å². The molecule has 1 heterocycles. The number of unbranched alkanes of at least 4 members (excludes halogenated alkanes) is 2. The minimum atomic E-state index is -0.423. The second-order valence-corrected chi connectivity index (χ2v) is 5.45. The molecule has 1 aromatic carbocycles. The summed E-state index contributed by atoms with van der Waals surface area (Å²) < 4.78 is 4.63. The topological polar surface area (TPSA) is 93.2 Å². The molecule has 1 aromatic heterocycles. The predicted octanol–water partition coefficient (Wildman–Crippen LogP) is 3.12. The zero-order valence-corrected chi connectivity index (χ0v) is 14.4. The standard InChI is InChI=1S/C18H22N4O3/c1-3-4-5-10-19-18-20-11-14(12-21-18)16(23)22-15-8-6-13(7-9-15)17(24)25-2/h6-9,11-12H,3-5,10H2,1-2H3,(H,22,23)(H,19,20,21). The van der Waals surface area contributed by atoms with Crippen LogP contribution in [0.25, 0.3) is 0 Å². The van der Waals surface area contributed by atoms with Crippen LogP contribution in [0.1, 0.15) is 46.9 Å². The van der Waals surface area contributed by atoms with E-state index < -0.39 is 5.97 Å². The van der Waals surface area contributed by atoms with Gasteiger partial charge >= 0.3 is 5.97 Å². The van der Waals surface area contributed by atoms with E-state index in [9.17, 15) is 9.59 Å². The highest BCUT2D eigenvalue weighted by molar-refractivity contribution is 6.04. The molecule has 0 unspecified atom stereocenters. The fraction of sp³-hybridized carbons (Fsp3) is 0.333. The molecule has 2 N–H and O–H groups in total. The number of ether oxygens (including phenoxy) is 1. The number of hydrogen-bond donors (Lipinski definition) is 2. The Morgan fingerprint density at radius 2 is 1.72 bits per heavy atom. The molecule has 132 valence electrons. The molecule has 0 aliphatic rings. The van der Waals surface area contributed by atoms with E-state index in [0.29, 0.717) is 22.8 Å². The molecule has 0 spiro atoms. The zero-order chi connectivity index (χ0) is 18.1. The third-order valence-corrected chi connectivity index (χ3v) is 3.54. The maximum absolute atomic E-state index is 12.2. The largest absolute Gasteiger partial charge is 0.465 e. The Kier molecular flexibility index (Phi) is 6.88. The van der Waals surface area contributed by atoms with Gasteiger partial charge in [-0.25, -0.2) is 14.8 Å². The van der Waals surface area contributed by atoms with E-state index >= 15 is 0 Å². The van der Waals surface area contributed by atoms with Crippen molar-refractivity contribution in [2.24, 2.45) is 0 Å². The lowest BCUT2D eigenvalue weighted by Crippen LogP contribution is -2.14. The summed E-state index contributed by atoms with van der Waals surface area (Å²) in [5, 5.41) is 5.85. The van der Waals surface area contributed by atoms with Gasteiger partial charge in [0.1, 0.15) is 0 Å². The summed E-state index contributed by atoms with van der Waals surface area (Å²) >= 11 is 0. The van der Waals surface area contributed by atoms with Crippen LogP contribution in [-0.4, -0.2) is 35.5 Å². The van der Waals surface area contributed by atoms with Gasteiger partial charge in [0.15, 0.2) is 0 Å². The fourth-order valence-corrected chi connectivity index (χ4v) is 2.12.